The highest BCUT2D eigenvalue weighted by atomic mass is 35.5. The number of nitrogens with zero attached hydrogens (tertiary/aromatic N) is 1. The first-order valence-electron chi connectivity index (χ1n) is 7.08. The molecule has 0 aromatic heterocycles. The molecule has 1 aromatic rings. The monoisotopic (exact) mass is 328 g/mol. The van der Waals surface area contributed by atoms with E-state index in [0.29, 0.717) is 18.1 Å². The summed E-state index contributed by atoms with van der Waals surface area (Å²) in [7, 11) is -3.42. The van der Waals surface area contributed by atoms with Crippen molar-refractivity contribution in [2.24, 2.45) is 11.7 Å². The Bertz CT molecular complexity index is 599. The maximum absolute atomic E-state index is 12.5. The molecule has 1 aliphatic heterocycles. The van der Waals surface area contributed by atoms with Gasteiger partial charge < -0.3 is 5.73 Å². The van der Waals surface area contributed by atoms with Gasteiger partial charge in [-0.15, -0.1) is 0 Å². The normalized spacial score (nSPS) is 24.5. The van der Waals surface area contributed by atoms with E-state index in [1.807, 2.05) is 6.92 Å². The van der Waals surface area contributed by atoms with E-state index in [-0.39, 0.29) is 12.0 Å². The molecule has 2 N–H and O–H groups in total. The minimum atomic E-state index is -3.42. The van der Waals surface area contributed by atoms with Gasteiger partial charge in [0.05, 0.1) is 0 Å². The fourth-order valence-electron chi connectivity index (χ4n) is 2.51. The Hall–Kier alpha value is -0.880. The Morgan fingerprint density at radius 1 is 1.33 bits per heavy atom. The molecule has 1 fully saturated rings. The van der Waals surface area contributed by atoms with Crippen LogP contribution in [0.2, 0.25) is 5.02 Å². The van der Waals surface area contributed by atoms with Crippen molar-refractivity contribution in [3.05, 3.63) is 40.3 Å². The summed E-state index contributed by atoms with van der Waals surface area (Å²) in [6.07, 6.45) is 3.45. The fraction of sp³-hybridized carbons (Fsp3) is 0.467. The summed E-state index contributed by atoms with van der Waals surface area (Å²) in [4.78, 5) is 0. The molecule has 1 aromatic carbocycles. The number of rotatable bonds is 4. The lowest BCUT2D eigenvalue weighted by Gasteiger charge is -2.35. The predicted octanol–water partition coefficient (Wildman–Crippen LogP) is 2.70. The molecule has 1 aliphatic rings. The smallest absolute Gasteiger partial charge is 0.236 e. The van der Waals surface area contributed by atoms with Crippen LogP contribution in [0.5, 0.6) is 0 Å². The van der Waals surface area contributed by atoms with Gasteiger partial charge in [-0.1, -0.05) is 23.7 Å². The summed E-state index contributed by atoms with van der Waals surface area (Å²) in [6, 6.07) is 7.07. The van der Waals surface area contributed by atoms with E-state index in [9.17, 15) is 8.42 Å². The molecule has 0 radical (unpaired) electrons. The Morgan fingerprint density at radius 2 is 2.00 bits per heavy atom. The summed E-state index contributed by atoms with van der Waals surface area (Å²) in [6.45, 7) is 2.98. The number of nitrogens with two attached hydrogens (primary N) is 1. The molecular weight excluding hydrogens is 308 g/mol. The molecule has 1 saturated heterocycles. The highest BCUT2D eigenvalue weighted by molar-refractivity contribution is 7.92. The van der Waals surface area contributed by atoms with Crippen LogP contribution in [0.25, 0.3) is 6.08 Å². The van der Waals surface area contributed by atoms with Gasteiger partial charge in [-0.3, -0.25) is 0 Å². The molecule has 1 heterocycles. The molecule has 0 aliphatic carbocycles. The second kappa shape index (κ2) is 6.92. The fourth-order valence-corrected chi connectivity index (χ4v) is 4.15. The molecule has 116 valence electrons. The SMILES string of the molecule is CC1CCC(CN)CN1S(=O)(=O)C=Cc1ccc(Cl)cc1. The maximum atomic E-state index is 12.5. The van der Waals surface area contributed by atoms with Crippen molar-refractivity contribution in [1.29, 1.82) is 0 Å². The van der Waals surface area contributed by atoms with Crippen molar-refractivity contribution in [2.75, 3.05) is 13.1 Å². The van der Waals surface area contributed by atoms with Crippen molar-refractivity contribution < 1.29 is 8.42 Å². The first-order chi connectivity index (χ1) is 9.92. The van der Waals surface area contributed by atoms with Crippen molar-refractivity contribution in [3.63, 3.8) is 0 Å². The standard InChI is InChI=1S/C15H21ClN2O2S/c1-12-2-3-14(10-17)11-18(12)21(19,20)9-8-13-4-6-15(16)7-5-13/h4-9,12,14H,2-3,10-11,17H2,1H3. The third-order valence-corrected chi connectivity index (χ3v) is 5.78. The number of halogens is 1. The lowest BCUT2D eigenvalue weighted by molar-refractivity contribution is 0.213. The zero-order valence-corrected chi connectivity index (χ0v) is 13.6. The average molecular weight is 329 g/mol. The van der Waals surface area contributed by atoms with Crippen LogP contribution in [0.1, 0.15) is 25.3 Å². The lowest BCUT2D eigenvalue weighted by Crippen LogP contribution is -2.46. The number of sulfonamides is 1. The average Bonchev–Trinajstić information content (AvgIpc) is 2.47. The van der Waals surface area contributed by atoms with Crippen LogP contribution < -0.4 is 5.73 Å². The number of benzene rings is 1. The van der Waals surface area contributed by atoms with Crippen molar-refractivity contribution in [1.82, 2.24) is 4.31 Å². The van der Waals surface area contributed by atoms with Crippen LogP contribution in [0.15, 0.2) is 29.7 Å². The Labute approximate surface area is 131 Å². The van der Waals surface area contributed by atoms with Crippen molar-refractivity contribution in [3.8, 4) is 0 Å². The first kappa shape index (κ1) is 16.5. The van der Waals surface area contributed by atoms with Gasteiger partial charge in [0, 0.05) is 23.0 Å². The quantitative estimate of drug-likeness (QED) is 0.924. The molecule has 2 rings (SSSR count). The minimum absolute atomic E-state index is 0.0210. The zero-order valence-electron chi connectivity index (χ0n) is 12.1. The van der Waals surface area contributed by atoms with E-state index in [1.165, 1.54) is 5.41 Å². The van der Waals surface area contributed by atoms with Gasteiger partial charge in [0.2, 0.25) is 10.0 Å². The summed E-state index contributed by atoms with van der Waals surface area (Å²) in [5.41, 5.74) is 6.49. The summed E-state index contributed by atoms with van der Waals surface area (Å²) in [5.74, 6) is 0.250. The number of piperidine rings is 1. The first-order valence-corrected chi connectivity index (χ1v) is 8.96. The third kappa shape index (κ3) is 4.30. The Balaban J connectivity index is 2.15. The van der Waals surface area contributed by atoms with Crippen LogP contribution in [0.3, 0.4) is 0 Å². The predicted molar refractivity (Wildman–Crippen MR) is 87.4 cm³/mol. The molecule has 4 nitrogen and oxygen atoms in total. The molecule has 0 bridgehead atoms. The summed E-state index contributed by atoms with van der Waals surface area (Å²) >= 11 is 5.81. The highest BCUT2D eigenvalue weighted by Crippen LogP contribution is 2.25. The zero-order chi connectivity index (χ0) is 15.5. The molecular formula is C15H21ClN2O2S. The van der Waals surface area contributed by atoms with Gasteiger partial charge in [-0.25, -0.2) is 8.42 Å². The van der Waals surface area contributed by atoms with Crippen LogP contribution >= 0.6 is 11.6 Å². The van der Waals surface area contributed by atoms with E-state index < -0.39 is 10.0 Å². The van der Waals surface area contributed by atoms with Crippen LogP contribution in [-0.4, -0.2) is 31.9 Å². The Kier molecular flexibility index (Phi) is 5.43. The molecule has 21 heavy (non-hydrogen) atoms. The lowest BCUT2D eigenvalue weighted by atomic mass is 9.96. The molecule has 0 amide bonds. The van der Waals surface area contributed by atoms with Gasteiger partial charge in [0.25, 0.3) is 0 Å². The van der Waals surface area contributed by atoms with E-state index in [0.717, 1.165) is 18.4 Å². The van der Waals surface area contributed by atoms with E-state index in [1.54, 1.807) is 34.6 Å². The van der Waals surface area contributed by atoms with E-state index in [2.05, 4.69) is 0 Å². The summed E-state index contributed by atoms with van der Waals surface area (Å²) in [5, 5.41) is 1.90. The molecule has 2 atom stereocenters. The Morgan fingerprint density at radius 3 is 2.62 bits per heavy atom. The number of hydrogen-bond donors (Lipinski definition) is 1. The van der Waals surface area contributed by atoms with Gasteiger partial charge in [0.1, 0.15) is 0 Å². The van der Waals surface area contributed by atoms with E-state index in [4.69, 9.17) is 17.3 Å². The highest BCUT2D eigenvalue weighted by Gasteiger charge is 2.31. The maximum Gasteiger partial charge on any atom is 0.236 e. The van der Waals surface area contributed by atoms with Crippen molar-refractivity contribution in [2.45, 2.75) is 25.8 Å². The van der Waals surface area contributed by atoms with Gasteiger partial charge >= 0.3 is 0 Å². The minimum Gasteiger partial charge on any atom is -0.330 e. The van der Waals surface area contributed by atoms with Gasteiger partial charge in [-0.2, -0.15) is 4.31 Å². The van der Waals surface area contributed by atoms with Crippen LogP contribution in [0, 0.1) is 5.92 Å². The molecule has 0 spiro atoms. The third-order valence-electron chi connectivity index (χ3n) is 3.89. The number of hydrogen-bond acceptors (Lipinski definition) is 3. The van der Waals surface area contributed by atoms with Crippen molar-refractivity contribution >= 4 is 27.7 Å². The molecule has 0 saturated carbocycles. The van der Waals surface area contributed by atoms with E-state index >= 15 is 0 Å². The van der Waals surface area contributed by atoms with Gasteiger partial charge in [0.15, 0.2) is 0 Å². The largest absolute Gasteiger partial charge is 0.330 e. The molecule has 6 heteroatoms. The second-order valence-electron chi connectivity index (χ2n) is 5.50. The summed E-state index contributed by atoms with van der Waals surface area (Å²) < 4.78 is 26.5. The molecule has 2 unspecified atom stereocenters. The van der Waals surface area contributed by atoms with Gasteiger partial charge in [-0.05, 0) is 56.0 Å². The van der Waals surface area contributed by atoms with Crippen LogP contribution in [-0.2, 0) is 10.0 Å². The van der Waals surface area contributed by atoms with Crippen LogP contribution in [0.4, 0.5) is 0 Å². The topological polar surface area (TPSA) is 63.4 Å². The second-order valence-corrected chi connectivity index (χ2v) is 7.70.